The van der Waals surface area contributed by atoms with Crippen LogP contribution in [0.2, 0.25) is 0 Å². The van der Waals surface area contributed by atoms with Crippen LogP contribution in [0.5, 0.6) is 5.75 Å². The normalized spacial score (nSPS) is 10.9. The number of nitrogens with one attached hydrogen (secondary N) is 2. The Morgan fingerprint density at radius 1 is 1.37 bits per heavy atom. The number of anilines is 1. The number of nitrogens with two attached hydrogens (primary N) is 1. The molecule has 104 valence electrons. The third-order valence-corrected chi connectivity index (χ3v) is 2.83. The predicted molar refractivity (Wildman–Crippen MR) is 72.7 cm³/mol. The maximum absolute atomic E-state index is 11.9. The number of carbonyl (C=O) groups excluding carboxylic acids is 2. The Morgan fingerprint density at radius 3 is 2.53 bits per heavy atom. The van der Waals surface area contributed by atoms with Crippen LogP contribution in [0.1, 0.15) is 24.2 Å². The number of hydrogen-bond donors (Lipinski definition) is 4. The minimum absolute atomic E-state index is 0.141. The Morgan fingerprint density at radius 2 is 2.00 bits per heavy atom. The van der Waals surface area contributed by atoms with Crippen LogP contribution in [0.15, 0.2) is 18.2 Å². The molecule has 0 saturated heterocycles. The second-order valence-electron chi connectivity index (χ2n) is 4.92. The maximum Gasteiger partial charge on any atom is 0.251 e. The van der Waals surface area contributed by atoms with Crippen LogP contribution in [0.25, 0.3) is 0 Å². The first-order chi connectivity index (χ1) is 8.77. The largest absolute Gasteiger partial charge is 0.506 e. The van der Waals surface area contributed by atoms with E-state index in [1.165, 1.54) is 18.2 Å². The molecule has 5 N–H and O–H groups in total. The van der Waals surface area contributed by atoms with Gasteiger partial charge in [0.1, 0.15) is 5.75 Å². The molecule has 1 aromatic carbocycles. The lowest BCUT2D eigenvalue weighted by molar-refractivity contribution is -0.128. The van der Waals surface area contributed by atoms with Crippen LogP contribution in [0, 0.1) is 5.41 Å². The van der Waals surface area contributed by atoms with E-state index in [4.69, 9.17) is 5.73 Å². The first-order valence-electron chi connectivity index (χ1n) is 5.87. The molecule has 0 fully saturated rings. The summed E-state index contributed by atoms with van der Waals surface area (Å²) in [6.45, 7) is 3.65. The van der Waals surface area contributed by atoms with E-state index in [2.05, 4.69) is 10.6 Å². The van der Waals surface area contributed by atoms with E-state index in [-0.39, 0.29) is 29.8 Å². The molecule has 19 heavy (non-hydrogen) atoms. The number of carbonyl (C=O) groups is 2. The summed E-state index contributed by atoms with van der Waals surface area (Å²) in [6.07, 6.45) is 0. The van der Waals surface area contributed by atoms with Gasteiger partial charge in [0.2, 0.25) is 5.91 Å². The van der Waals surface area contributed by atoms with Crippen molar-refractivity contribution < 1.29 is 14.7 Å². The smallest absolute Gasteiger partial charge is 0.251 e. The number of phenols is 1. The molecule has 0 aliphatic rings. The molecule has 1 aromatic rings. The van der Waals surface area contributed by atoms with Crippen molar-refractivity contribution in [3.8, 4) is 5.75 Å². The lowest BCUT2D eigenvalue weighted by atomic mass is 9.92. The number of aromatic hydroxyl groups is 1. The van der Waals surface area contributed by atoms with Gasteiger partial charge < -0.3 is 21.5 Å². The average molecular weight is 265 g/mol. The molecule has 6 heteroatoms. The van der Waals surface area contributed by atoms with Crippen molar-refractivity contribution in [2.45, 2.75) is 13.8 Å². The van der Waals surface area contributed by atoms with E-state index in [9.17, 15) is 14.7 Å². The van der Waals surface area contributed by atoms with Crippen LogP contribution in [-0.4, -0.2) is 30.5 Å². The highest BCUT2D eigenvalue weighted by Crippen LogP contribution is 2.21. The fraction of sp³-hybridized carbons (Fsp3) is 0.385. The molecule has 0 unspecified atom stereocenters. The van der Waals surface area contributed by atoms with Crippen LogP contribution in [-0.2, 0) is 4.79 Å². The molecule has 0 saturated carbocycles. The fourth-order valence-electron chi connectivity index (χ4n) is 1.51. The Bertz CT molecular complexity index is 498. The molecule has 0 heterocycles. The molecule has 0 aromatic heterocycles. The zero-order valence-electron chi connectivity index (χ0n) is 11.3. The number of phenolic OH excluding ortho intramolecular Hbond substituents is 1. The quantitative estimate of drug-likeness (QED) is 0.469. The van der Waals surface area contributed by atoms with Gasteiger partial charge in [-0.15, -0.1) is 0 Å². The van der Waals surface area contributed by atoms with E-state index in [1.54, 1.807) is 20.9 Å². The van der Waals surface area contributed by atoms with E-state index in [0.717, 1.165) is 0 Å². The molecule has 0 bridgehead atoms. The molecule has 6 nitrogen and oxygen atoms in total. The summed E-state index contributed by atoms with van der Waals surface area (Å²) in [6, 6.07) is 4.25. The SMILES string of the molecule is CNC(=O)C(C)(C)CNC(=O)c1ccc(N)c(O)c1. The van der Waals surface area contributed by atoms with Gasteiger partial charge in [0, 0.05) is 19.2 Å². The van der Waals surface area contributed by atoms with Crippen LogP contribution < -0.4 is 16.4 Å². The standard InChI is InChI=1S/C13H19N3O3/c1-13(2,12(19)15-3)7-16-11(18)8-4-5-9(14)10(17)6-8/h4-6,17H,7,14H2,1-3H3,(H,15,19)(H,16,18). The second-order valence-corrected chi connectivity index (χ2v) is 4.92. The van der Waals surface area contributed by atoms with Crippen molar-refractivity contribution in [1.82, 2.24) is 10.6 Å². The van der Waals surface area contributed by atoms with Gasteiger partial charge in [-0.25, -0.2) is 0 Å². The Hall–Kier alpha value is -2.24. The first-order valence-corrected chi connectivity index (χ1v) is 5.87. The third-order valence-electron chi connectivity index (χ3n) is 2.83. The average Bonchev–Trinajstić information content (AvgIpc) is 2.38. The zero-order valence-corrected chi connectivity index (χ0v) is 11.3. The molecule has 1 rings (SSSR count). The number of hydrogen-bond acceptors (Lipinski definition) is 4. The van der Waals surface area contributed by atoms with Gasteiger partial charge in [-0.05, 0) is 32.0 Å². The molecule has 0 radical (unpaired) electrons. The lowest BCUT2D eigenvalue weighted by Crippen LogP contribution is -2.43. The summed E-state index contributed by atoms with van der Waals surface area (Å²) < 4.78 is 0. The summed E-state index contributed by atoms with van der Waals surface area (Å²) in [4.78, 5) is 23.4. The van der Waals surface area contributed by atoms with Crippen molar-refractivity contribution in [2.75, 3.05) is 19.3 Å². The second kappa shape index (κ2) is 5.60. The predicted octanol–water partition coefficient (Wildman–Crippen LogP) is 0.476. The summed E-state index contributed by atoms with van der Waals surface area (Å²) in [5.74, 6) is -0.668. The maximum atomic E-state index is 11.9. The van der Waals surface area contributed by atoms with E-state index < -0.39 is 5.41 Å². The highest BCUT2D eigenvalue weighted by atomic mass is 16.3. The van der Waals surface area contributed by atoms with Crippen LogP contribution >= 0.6 is 0 Å². The fourth-order valence-corrected chi connectivity index (χ4v) is 1.51. The minimum atomic E-state index is -0.708. The number of nitrogen functional groups attached to an aromatic ring is 1. The minimum Gasteiger partial charge on any atom is -0.506 e. The van der Waals surface area contributed by atoms with Gasteiger partial charge in [0.15, 0.2) is 0 Å². The Kier molecular flexibility index (Phi) is 4.37. The number of amides is 2. The van der Waals surface area contributed by atoms with E-state index in [0.29, 0.717) is 5.56 Å². The van der Waals surface area contributed by atoms with Crippen molar-refractivity contribution in [3.05, 3.63) is 23.8 Å². The molecule has 0 aliphatic carbocycles. The Labute approximate surface area is 112 Å². The first kappa shape index (κ1) is 14.8. The number of rotatable bonds is 4. The van der Waals surface area contributed by atoms with Crippen molar-refractivity contribution in [1.29, 1.82) is 0 Å². The van der Waals surface area contributed by atoms with Crippen molar-refractivity contribution in [3.63, 3.8) is 0 Å². The van der Waals surface area contributed by atoms with Gasteiger partial charge in [0.25, 0.3) is 5.91 Å². The molecule has 0 spiro atoms. The van der Waals surface area contributed by atoms with Crippen molar-refractivity contribution >= 4 is 17.5 Å². The highest BCUT2D eigenvalue weighted by Gasteiger charge is 2.27. The highest BCUT2D eigenvalue weighted by molar-refractivity contribution is 5.95. The lowest BCUT2D eigenvalue weighted by Gasteiger charge is -2.22. The van der Waals surface area contributed by atoms with Gasteiger partial charge in [-0.3, -0.25) is 9.59 Å². The summed E-state index contributed by atoms with van der Waals surface area (Å²) in [5.41, 5.74) is 5.25. The topological polar surface area (TPSA) is 104 Å². The van der Waals surface area contributed by atoms with Crippen LogP contribution in [0.4, 0.5) is 5.69 Å². The summed E-state index contributed by atoms with van der Waals surface area (Å²) in [5, 5.41) is 14.6. The molecule has 2 amide bonds. The Balaban J connectivity index is 2.70. The van der Waals surface area contributed by atoms with E-state index >= 15 is 0 Å². The van der Waals surface area contributed by atoms with Gasteiger partial charge in [0.05, 0.1) is 11.1 Å². The van der Waals surface area contributed by atoms with Gasteiger partial charge in [-0.2, -0.15) is 0 Å². The summed E-state index contributed by atoms with van der Waals surface area (Å²) >= 11 is 0. The molecular formula is C13H19N3O3. The summed E-state index contributed by atoms with van der Waals surface area (Å²) in [7, 11) is 1.55. The van der Waals surface area contributed by atoms with Crippen LogP contribution in [0.3, 0.4) is 0 Å². The van der Waals surface area contributed by atoms with Gasteiger partial charge in [-0.1, -0.05) is 0 Å². The van der Waals surface area contributed by atoms with Crippen molar-refractivity contribution in [2.24, 2.45) is 5.41 Å². The zero-order chi connectivity index (χ0) is 14.6. The third kappa shape index (κ3) is 3.61. The molecule has 0 aliphatic heterocycles. The molecular weight excluding hydrogens is 246 g/mol. The monoisotopic (exact) mass is 265 g/mol. The van der Waals surface area contributed by atoms with E-state index in [1.807, 2.05) is 0 Å². The molecule has 0 atom stereocenters. The number of benzene rings is 1. The van der Waals surface area contributed by atoms with Gasteiger partial charge >= 0.3 is 0 Å².